The Hall–Kier alpha value is -2.89. The zero-order chi connectivity index (χ0) is 20.4. The van der Waals surface area contributed by atoms with Crippen molar-refractivity contribution < 1.29 is 18.7 Å². The molecule has 2 aromatic carbocycles. The molecule has 6 heteroatoms. The van der Waals surface area contributed by atoms with Crippen molar-refractivity contribution in [2.45, 2.75) is 43.7 Å². The first-order valence-corrected chi connectivity index (χ1v) is 10.1. The predicted molar refractivity (Wildman–Crippen MR) is 107 cm³/mol. The van der Waals surface area contributed by atoms with Gasteiger partial charge in [0.25, 0.3) is 5.91 Å². The quantitative estimate of drug-likeness (QED) is 0.864. The number of benzene rings is 2. The fourth-order valence-corrected chi connectivity index (χ4v) is 4.56. The molecule has 29 heavy (non-hydrogen) atoms. The van der Waals surface area contributed by atoms with Gasteiger partial charge in [0.05, 0.1) is 19.2 Å². The van der Waals surface area contributed by atoms with Crippen LogP contribution < -0.4 is 10.1 Å². The molecule has 1 N–H and O–H groups in total. The van der Waals surface area contributed by atoms with Crippen LogP contribution in [0.25, 0.3) is 0 Å². The van der Waals surface area contributed by atoms with Gasteiger partial charge in [-0.25, -0.2) is 4.39 Å². The predicted octanol–water partition coefficient (Wildman–Crippen LogP) is 3.50. The maximum atomic E-state index is 13.7. The first kappa shape index (κ1) is 19.4. The van der Waals surface area contributed by atoms with Crippen LogP contribution in [0.1, 0.15) is 47.5 Å². The summed E-state index contributed by atoms with van der Waals surface area (Å²) in [4.78, 5) is 27.5. The van der Waals surface area contributed by atoms with Crippen molar-refractivity contribution >= 4 is 11.8 Å². The summed E-state index contributed by atoms with van der Waals surface area (Å²) in [5.74, 6) is 0.0927. The molecule has 152 valence electrons. The number of hydrogen-bond acceptors (Lipinski definition) is 3. The number of halogens is 1. The van der Waals surface area contributed by atoms with Gasteiger partial charge in [0, 0.05) is 24.4 Å². The SMILES string of the molecule is COc1cccc([C@@H]2CN(C(=O)c3cccc(F)c3)[C@@H]3CCCCC(=O)N[C@H]32)c1. The number of carbonyl (C=O) groups excluding carboxylic acids is 2. The summed E-state index contributed by atoms with van der Waals surface area (Å²) in [6, 6.07) is 13.3. The lowest BCUT2D eigenvalue weighted by molar-refractivity contribution is -0.122. The smallest absolute Gasteiger partial charge is 0.254 e. The Labute approximate surface area is 169 Å². The van der Waals surface area contributed by atoms with E-state index < -0.39 is 5.82 Å². The molecule has 2 saturated heterocycles. The van der Waals surface area contributed by atoms with E-state index in [1.807, 2.05) is 29.2 Å². The molecule has 5 nitrogen and oxygen atoms in total. The van der Waals surface area contributed by atoms with Crippen LogP contribution >= 0.6 is 0 Å². The fourth-order valence-electron chi connectivity index (χ4n) is 4.56. The van der Waals surface area contributed by atoms with E-state index in [4.69, 9.17) is 4.74 Å². The maximum Gasteiger partial charge on any atom is 0.254 e. The Kier molecular flexibility index (Phi) is 5.51. The van der Waals surface area contributed by atoms with E-state index in [-0.39, 0.29) is 29.8 Å². The van der Waals surface area contributed by atoms with Gasteiger partial charge in [0.1, 0.15) is 11.6 Å². The Bertz CT molecular complexity index is 917. The van der Waals surface area contributed by atoms with Gasteiger partial charge in [-0.1, -0.05) is 24.6 Å². The van der Waals surface area contributed by atoms with Crippen molar-refractivity contribution in [2.24, 2.45) is 0 Å². The van der Waals surface area contributed by atoms with E-state index in [0.717, 1.165) is 30.6 Å². The summed E-state index contributed by atoms with van der Waals surface area (Å²) in [7, 11) is 1.62. The molecule has 2 amide bonds. The number of methoxy groups -OCH3 is 1. The third-order valence-electron chi connectivity index (χ3n) is 5.98. The molecule has 0 bridgehead atoms. The lowest BCUT2D eigenvalue weighted by Crippen LogP contribution is -2.48. The Balaban J connectivity index is 1.70. The van der Waals surface area contributed by atoms with Gasteiger partial charge in [0.2, 0.25) is 5.91 Å². The second kappa shape index (κ2) is 8.23. The standard InChI is InChI=1S/C23H25FN2O3/c1-29-18-9-5-6-15(13-18)19-14-26(23(28)16-7-4-8-17(24)12-16)20-10-2-3-11-21(27)25-22(19)20/h4-9,12-13,19-20,22H,2-3,10-11,14H2,1H3,(H,25,27)/t19-,20+,22-/m0/s1. The molecule has 0 aliphatic carbocycles. The zero-order valence-corrected chi connectivity index (χ0v) is 16.4. The Morgan fingerprint density at radius 3 is 2.79 bits per heavy atom. The summed E-state index contributed by atoms with van der Waals surface area (Å²) < 4.78 is 19.1. The van der Waals surface area contributed by atoms with E-state index in [1.54, 1.807) is 19.2 Å². The summed E-state index contributed by atoms with van der Waals surface area (Å²) in [6.45, 7) is 0.470. The highest BCUT2D eigenvalue weighted by Gasteiger charge is 2.45. The van der Waals surface area contributed by atoms with Gasteiger partial charge in [-0.15, -0.1) is 0 Å². The molecular formula is C23H25FN2O3. The van der Waals surface area contributed by atoms with Crippen LogP contribution in [0.2, 0.25) is 0 Å². The number of likely N-dealkylation sites (tertiary alicyclic amines) is 1. The number of rotatable bonds is 3. The average Bonchev–Trinajstić information content (AvgIpc) is 3.06. The van der Waals surface area contributed by atoms with Crippen molar-refractivity contribution in [2.75, 3.05) is 13.7 Å². The summed E-state index contributed by atoms with van der Waals surface area (Å²) in [5, 5.41) is 3.17. The molecular weight excluding hydrogens is 371 g/mol. The van der Waals surface area contributed by atoms with Gasteiger partial charge < -0.3 is 15.0 Å². The molecule has 2 heterocycles. The normalized spacial score (nSPS) is 24.3. The van der Waals surface area contributed by atoms with Crippen molar-refractivity contribution in [3.8, 4) is 5.75 Å². The van der Waals surface area contributed by atoms with Crippen LogP contribution in [0.3, 0.4) is 0 Å². The number of amides is 2. The molecule has 0 saturated carbocycles. The molecule has 0 spiro atoms. The highest BCUT2D eigenvalue weighted by molar-refractivity contribution is 5.95. The van der Waals surface area contributed by atoms with Crippen molar-refractivity contribution in [3.63, 3.8) is 0 Å². The topological polar surface area (TPSA) is 58.6 Å². The molecule has 0 radical (unpaired) electrons. The summed E-state index contributed by atoms with van der Waals surface area (Å²) in [5.41, 5.74) is 1.36. The van der Waals surface area contributed by atoms with E-state index in [9.17, 15) is 14.0 Å². The Morgan fingerprint density at radius 1 is 1.17 bits per heavy atom. The molecule has 2 aliphatic heterocycles. The maximum absolute atomic E-state index is 13.7. The molecule has 2 aromatic rings. The zero-order valence-electron chi connectivity index (χ0n) is 16.4. The van der Waals surface area contributed by atoms with Crippen LogP contribution in [0.5, 0.6) is 5.75 Å². The molecule has 3 atom stereocenters. The third-order valence-corrected chi connectivity index (χ3v) is 5.98. The monoisotopic (exact) mass is 396 g/mol. The molecule has 0 aromatic heterocycles. The molecule has 0 unspecified atom stereocenters. The largest absolute Gasteiger partial charge is 0.497 e. The lowest BCUT2D eigenvalue weighted by Gasteiger charge is -2.31. The number of fused-ring (bicyclic) bond motifs is 1. The van der Waals surface area contributed by atoms with Gasteiger partial charge in [-0.2, -0.15) is 0 Å². The van der Waals surface area contributed by atoms with Crippen LogP contribution in [0, 0.1) is 5.82 Å². The van der Waals surface area contributed by atoms with Crippen molar-refractivity contribution in [1.29, 1.82) is 0 Å². The van der Waals surface area contributed by atoms with Gasteiger partial charge >= 0.3 is 0 Å². The van der Waals surface area contributed by atoms with Crippen LogP contribution in [-0.4, -0.2) is 42.5 Å². The second-order valence-corrected chi connectivity index (χ2v) is 7.76. The molecule has 4 rings (SSSR count). The highest BCUT2D eigenvalue weighted by atomic mass is 19.1. The minimum Gasteiger partial charge on any atom is -0.497 e. The fraction of sp³-hybridized carbons (Fsp3) is 0.391. The lowest BCUT2D eigenvalue weighted by atomic mass is 9.88. The number of carbonyl (C=O) groups is 2. The minimum atomic E-state index is -0.429. The van der Waals surface area contributed by atoms with Crippen molar-refractivity contribution in [3.05, 3.63) is 65.5 Å². The second-order valence-electron chi connectivity index (χ2n) is 7.76. The van der Waals surface area contributed by atoms with Crippen molar-refractivity contribution in [1.82, 2.24) is 10.2 Å². The van der Waals surface area contributed by atoms with E-state index in [2.05, 4.69) is 5.32 Å². The third kappa shape index (κ3) is 3.97. The van der Waals surface area contributed by atoms with E-state index >= 15 is 0 Å². The van der Waals surface area contributed by atoms with Gasteiger partial charge in [-0.3, -0.25) is 9.59 Å². The first-order chi connectivity index (χ1) is 14.1. The average molecular weight is 396 g/mol. The summed E-state index contributed by atoms with van der Waals surface area (Å²) in [6.07, 6.45) is 3.01. The van der Waals surface area contributed by atoms with Crippen LogP contribution in [0.15, 0.2) is 48.5 Å². The Morgan fingerprint density at radius 2 is 2.00 bits per heavy atom. The number of ether oxygens (including phenoxy) is 1. The minimum absolute atomic E-state index is 0.0210. The number of nitrogens with one attached hydrogen (secondary N) is 1. The molecule has 2 aliphatic rings. The van der Waals surface area contributed by atoms with E-state index in [0.29, 0.717) is 18.5 Å². The van der Waals surface area contributed by atoms with Gasteiger partial charge in [0.15, 0.2) is 0 Å². The number of nitrogens with zero attached hydrogens (tertiary/aromatic N) is 1. The van der Waals surface area contributed by atoms with E-state index in [1.165, 1.54) is 12.1 Å². The van der Waals surface area contributed by atoms with Gasteiger partial charge in [-0.05, 0) is 48.7 Å². The highest BCUT2D eigenvalue weighted by Crippen LogP contribution is 2.37. The molecule has 2 fully saturated rings. The van der Waals surface area contributed by atoms with Crippen LogP contribution in [0.4, 0.5) is 4.39 Å². The van der Waals surface area contributed by atoms with Crippen LogP contribution in [-0.2, 0) is 4.79 Å². The first-order valence-electron chi connectivity index (χ1n) is 10.1. The number of hydrogen-bond donors (Lipinski definition) is 1. The summed E-state index contributed by atoms with van der Waals surface area (Å²) >= 11 is 0.